The molecule has 3 aromatic rings. The highest BCUT2D eigenvalue weighted by molar-refractivity contribution is 7.20. The summed E-state index contributed by atoms with van der Waals surface area (Å²) in [7, 11) is 0. The lowest BCUT2D eigenvalue weighted by atomic mass is 9.87. The first-order valence-electron chi connectivity index (χ1n) is 8.68. The molecule has 1 aliphatic heterocycles. The number of carbonyl (C=O) groups is 1. The molecule has 1 aliphatic rings. The first-order valence-corrected chi connectivity index (χ1v) is 9.50. The summed E-state index contributed by atoms with van der Waals surface area (Å²) in [6.45, 7) is 1.42. The molecule has 134 valence electrons. The van der Waals surface area contributed by atoms with E-state index in [-0.39, 0.29) is 17.8 Å². The predicted molar refractivity (Wildman–Crippen MR) is 99.8 cm³/mol. The number of hydrogen-bond donors (Lipinski definition) is 1. The number of halogens is 1. The van der Waals surface area contributed by atoms with E-state index < -0.39 is 0 Å². The minimum absolute atomic E-state index is 0.109. The summed E-state index contributed by atoms with van der Waals surface area (Å²) < 4.78 is 19.8. The molecule has 1 aromatic carbocycles. The van der Waals surface area contributed by atoms with Gasteiger partial charge >= 0.3 is 0 Å². The fraction of sp³-hybridized carbons (Fsp3) is 0.300. The average molecular weight is 370 g/mol. The number of fused-ring (bicyclic) bond motifs is 1. The van der Waals surface area contributed by atoms with Crippen LogP contribution in [0.5, 0.6) is 0 Å². The fourth-order valence-corrected chi connectivity index (χ4v) is 4.37. The van der Waals surface area contributed by atoms with Crippen LogP contribution in [0, 0.1) is 11.7 Å². The highest BCUT2D eigenvalue weighted by Crippen LogP contribution is 2.31. The topological polar surface area (TPSA) is 51.2 Å². The highest BCUT2D eigenvalue weighted by Gasteiger charge is 2.28. The maximum absolute atomic E-state index is 13.4. The first-order chi connectivity index (χ1) is 12.7. The van der Waals surface area contributed by atoms with Crippen molar-refractivity contribution in [1.82, 2.24) is 10.3 Å². The molecule has 4 rings (SSSR count). The minimum atomic E-state index is -0.294. The second-order valence-corrected chi connectivity index (χ2v) is 7.56. The molecule has 1 saturated heterocycles. The number of benzene rings is 1. The van der Waals surface area contributed by atoms with Crippen LogP contribution in [0.3, 0.4) is 0 Å². The second-order valence-electron chi connectivity index (χ2n) is 6.48. The molecule has 1 N–H and O–H groups in total. The van der Waals surface area contributed by atoms with Crippen molar-refractivity contribution in [3.05, 3.63) is 65.0 Å². The Balaban J connectivity index is 1.60. The van der Waals surface area contributed by atoms with Gasteiger partial charge in [0, 0.05) is 30.3 Å². The maximum Gasteiger partial charge on any atom is 0.261 e. The third-order valence-corrected chi connectivity index (χ3v) is 5.88. The number of thiophene rings is 1. The molecule has 2 aromatic heterocycles. The van der Waals surface area contributed by atoms with E-state index in [9.17, 15) is 9.18 Å². The Bertz CT molecular complexity index is 907. The summed E-state index contributed by atoms with van der Waals surface area (Å²) in [6, 6.07) is 10.1. The maximum atomic E-state index is 13.4. The Kier molecular flexibility index (Phi) is 4.95. The number of hydrogen-bond acceptors (Lipinski definition) is 4. The van der Waals surface area contributed by atoms with Crippen LogP contribution in [0.25, 0.3) is 10.1 Å². The SMILES string of the molecule is O=C(N[C@@H](c1cccnc1)C1CCOCC1)c1cc2cc(F)ccc2s1. The van der Waals surface area contributed by atoms with Crippen LogP contribution in [-0.2, 0) is 4.74 Å². The summed E-state index contributed by atoms with van der Waals surface area (Å²) in [5.74, 6) is -0.117. The van der Waals surface area contributed by atoms with E-state index >= 15 is 0 Å². The van der Waals surface area contributed by atoms with E-state index in [0.717, 1.165) is 28.5 Å². The van der Waals surface area contributed by atoms with E-state index in [1.54, 1.807) is 24.5 Å². The average Bonchev–Trinajstić information content (AvgIpc) is 3.10. The van der Waals surface area contributed by atoms with Crippen molar-refractivity contribution < 1.29 is 13.9 Å². The van der Waals surface area contributed by atoms with Crippen LogP contribution in [0.1, 0.15) is 34.1 Å². The molecule has 0 spiro atoms. The van der Waals surface area contributed by atoms with E-state index in [1.165, 1.54) is 23.5 Å². The van der Waals surface area contributed by atoms with Crippen molar-refractivity contribution in [3.63, 3.8) is 0 Å². The third kappa shape index (κ3) is 3.61. The van der Waals surface area contributed by atoms with Gasteiger partial charge in [0.25, 0.3) is 5.91 Å². The van der Waals surface area contributed by atoms with Gasteiger partial charge in [-0.3, -0.25) is 9.78 Å². The van der Waals surface area contributed by atoms with Crippen LogP contribution in [-0.4, -0.2) is 24.1 Å². The number of ether oxygens (including phenoxy) is 1. The molecule has 0 aliphatic carbocycles. The molecule has 3 heterocycles. The summed E-state index contributed by atoms with van der Waals surface area (Å²) in [5, 5.41) is 3.93. The summed E-state index contributed by atoms with van der Waals surface area (Å²) in [5.41, 5.74) is 1.000. The standard InChI is InChI=1S/C20H19FN2O2S/c21-16-3-4-17-15(10-16)11-18(26-17)20(24)23-19(13-5-8-25-9-6-13)14-2-1-7-22-12-14/h1-4,7,10-13,19H,5-6,8-9H2,(H,23,24)/t19-/m1/s1. The molecular formula is C20H19FN2O2S. The summed E-state index contributed by atoms with van der Waals surface area (Å²) >= 11 is 1.38. The van der Waals surface area contributed by atoms with E-state index in [0.29, 0.717) is 24.0 Å². The van der Waals surface area contributed by atoms with E-state index in [4.69, 9.17) is 4.74 Å². The molecule has 0 bridgehead atoms. The number of amides is 1. The first kappa shape index (κ1) is 17.1. The van der Waals surface area contributed by atoms with Crippen molar-refractivity contribution >= 4 is 27.3 Å². The molecule has 1 amide bonds. The normalized spacial score (nSPS) is 16.5. The van der Waals surface area contributed by atoms with Crippen molar-refractivity contribution in [3.8, 4) is 0 Å². The van der Waals surface area contributed by atoms with Gasteiger partial charge in [-0.05, 0) is 60.0 Å². The number of rotatable bonds is 4. The van der Waals surface area contributed by atoms with Gasteiger partial charge in [0.2, 0.25) is 0 Å². The molecule has 4 nitrogen and oxygen atoms in total. The Morgan fingerprint density at radius 2 is 2.12 bits per heavy atom. The minimum Gasteiger partial charge on any atom is -0.381 e. The Hall–Kier alpha value is -2.31. The smallest absolute Gasteiger partial charge is 0.261 e. The van der Waals surface area contributed by atoms with Gasteiger partial charge in [-0.2, -0.15) is 0 Å². The van der Waals surface area contributed by atoms with Crippen LogP contribution in [0.15, 0.2) is 48.8 Å². The molecule has 1 fully saturated rings. The second kappa shape index (κ2) is 7.51. The van der Waals surface area contributed by atoms with Gasteiger partial charge in [-0.1, -0.05) is 6.07 Å². The van der Waals surface area contributed by atoms with Crippen LogP contribution in [0.2, 0.25) is 0 Å². The zero-order chi connectivity index (χ0) is 17.9. The predicted octanol–water partition coefficient (Wildman–Crippen LogP) is 4.33. The number of aromatic nitrogens is 1. The van der Waals surface area contributed by atoms with Gasteiger partial charge < -0.3 is 10.1 Å². The quantitative estimate of drug-likeness (QED) is 0.744. The van der Waals surface area contributed by atoms with Gasteiger partial charge in [-0.25, -0.2) is 4.39 Å². The van der Waals surface area contributed by atoms with E-state index in [2.05, 4.69) is 10.3 Å². The lowest BCUT2D eigenvalue weighted by molar-refractivity contribution is 0.0514. The molecule has 0 radical (unpaired) electrons. The monoisotopic (exact) mass is 370 g/mol. The van der Waals surface area contributed by atoms with Crippen molar-refractivity contribution in [2.75, 3.05) is 13.2 Å². The molecule has 0 unspecified atom stereocenters. The number of carbonyl (C=O) groups excluding carboxylic acids is 1. The Morgan fingerprint density at radius 3 is 2.88 bits per heavy atom. The van der Waals surface area contributed by atoms with Crippen LogP contribution in [0.4, 0.5) is 4.39 Å². The van der Waals surface area contributed by atoms with Gasteiger partial charge in [0.15, 0.2) is 0 Å². The molecule has 26 heavy (non-hydrogen) atoms. The molecule has 1 atom stereocenters. The lowest BCUT2D eigenvalue weighted by Gasteiger charge is -2.31. The van der Waals surface area contributed by atoms with Crippen LogP contribution < -0.4 is 5.32 Å². The van der Waals surface area contributed by atoms with Crippen molar-refractivity contribution in [2.45, 2.75) is 18.9 Å². The van der Waals surface area contributed by atoms with Gasteiger partial charge in [0.05, 0.1) is 10.9 Å². The van der Waals surface area contributed by atoms with Crippen molar-refractivity contribution in [1.29, 1.82) is 0 Å². The summed E-state index contributed by atoms with van der Waals surface area (Å²) in [4.78, 5) is 17.7. The fourth-order valence-electron chi connectivity index (χ4n) is 3.42. The van der Waals surface area contributed by atoms with Crippen LogP contribution >= 0.6 is 11.3 Å². The molecular weight excluding hydrogens is 351 g/mol. The molecule has 6 heteroatoms. The number of pyridine rings is 1. The zero-order valence-corrected chi connectivity index (χ0v) is 15.0. The Morgan fingerprint density at radius 1 is 1.27 bits per heavy atom. The zero-order valence-electron chi connectivity index (χ0n) is 14.2. The Labute approximate surface area is 155 Å². The van der Waals surface area contributed by atoms with Crippen molar-refractivity contribution in [2.24, 2.45) is 5.92 Å². The van der Waals surface area contributed by atoms with E-state index in [1.807, 2.05) is 12.1 Å². The highest BCUT2D eigenvalue weighted by atomic mass is 32.1. The largest absolute Gasteiger partial charge is 0.381 e. The lowest BCUT2D eigenvalue weighted by Crippen LogP contribution is -2.35. The number of nitrogens with one attached hydrogen (secondary N) is 1. The summed E-state index contributed by atoms with van der Waals surface area (Å²) in [6.07, 6.45) is 5.34. The van der Waals surface area contributed by atoms with Gasteiger partial charge in [0.1, 0.15) is 5.82 Å². The third-order valence-electron chi connectivity index (χ3n) is 4.77. The number of nitrogens with zero attached hydrogens (tertiary/aromatic N) is 1. The molecule has 0 saturated carbocycles. The van der Waals surface area contributed by atoms with Gasteiger partial charge in [-0.15, -0.1) is 11.3 Å².